The Morgan fingerprint density at radius 2 is 1.11 bits per heavy atom. The summed E-state index contributed by atoms with van der Waals surface area (Å²) in [5, 5.41) is 2.75. The summed E-state index contributed by atoms with van der Waals surface area (Å²) >= 11 is 3.15. The lowest BCUT2D eigenvalue weighted by molar-refractivity contribution is -0.120. The first kappa shape index (κ1) is 26.4. The predicted molar refractivity (Wildman–Crippen MR) is 117 cm³/mol. The Morgan fingerprint density at radius 1 is 0.704 bits per heavy atom. The van der Waals surface area contributed by atoms with E-state index in [1.807, 2.05) is 0 Å². The number of rotatable bonds is 19. The van der Waals surface area contributed by atoms with Gasteiger partial charge in [0.15, 0.2) is 0 Å². The summed E-state index contributed by atoms with van der Waals surface area (Å²) in [5.74, 6) is -0.302. The molecule has 0 aliphatic carbocycles. The lowest BCUT2D eigenvalue weighted by atomic mass is 10.0. The third-order valence-electron chi connectivity index (χ3n) is 4.79. The number of ether oxygens (including phenoxy) is 1. The second-order valence-electron chi connectivity index (χ2n) is 7.43. The SMILES string of the molecule is CCCCCCCCCCCCCCCCCCOC(=O)NC(=O)CCBr. The van der Waals surface area contributed by atoms with Crippen molar-refractivity contribution in [2.45, 2.75) is 116 Å². The smallest absolute Gasteiger partial charge is 0.413 e. The van der Waals surface area contributed by atoms with Gasteiger partial charge in [0.1, 0.15) is 0 Å². The van der Waals surface area contributed by atoms with Crippen LogP contribution in [0, 0.1) is 0 Å². The largest absolute Gasteiger partial charge is 0.449 e. The molecule has 27 heavy (non-hydrogen) atoms. The lowest BCUT2D eigenvalue weighted by Crippen LogP contribution is -2.31. The highest BCUT2D eigenvalue weighted by Gasteiger charge is 2.07. The quantitative estimate of drug-likeness (QED) is 0.167. The molecule has 0 atom stereocenters. The first-order valence-electron chi connectivity index (χ1n) is 11.2. The fourth-order valence-corrected chi connectivity index (χ4v) is 3.47. The van der Waals surface area contributed by atoms with Crippen LogP contribution in [0.15, 0.2) is 0 Å². The molecule has 1 N–H and O–H groups in total. The van der Waals surface area contributed by atoms with Gasteiger partial charge >= 0.3 is 6.09 Å². The van der Waals surface area contributed by atoms with E-state index in [4.69, 9.17) is 4.74 Å². The van der Waals surface area contributed by atoms with Crippen molar-refractivity contribution in [3.05, 3.63) is 0 Å². The summed E-state index contributed by atoms with van der Waals surface area (Å²) in [6.07, 6.45) is 20.8. The Labute approximate surface area is 175 Å². The molecule has 0 saturated carbocycles. The van der Waals surface area contributed by atoms with E-state index in [0.717, 1.165) is 12.8 Å². The molecule has 0 heterocycles. The van der Waals surface area contributed by atoms with Crippen molar-refractivity contribution in [2.24, 2.45) is 0 Å². The number of imide groups is 1. The van der Waals surface area contributed by atoms with Crippen LogP contribution in [-0.4, -0.2) is 23.9 Å². The fourth-order valence-electron chi connectivity index (χ4n) is 3.11. The molecule has 0 fully saturated rings. The number of hydrogen-bond donors (Lipinski definition) is 1. The van der Waals surface area contributed by atoms with Crippen LogP contribution in [0.1, 0.15) is 116 Å². The molecule has 0 aromatic rings. The van der Waals surface area contributed by atoms with Crippen LogP contribution >= 0.6 is 15.9 Å². The van der Waals surface area contributed by atoms with E-state index in [9.17, 15) is 9.59 Å². The van der Waals surface area contributed by atoms with Gasteiger partial charge in [-0.3, -0.25) is 10.1 Å². The number of unbranched alkanes of at least 4 members (excludes halogenated alkanes) is 15. The van der Waals surface area contributed by atoms with Gasteiger partial charge in [-0.25, -0.2) is 4.79 Å². The van der Waals surface area contributed by atoms with Crippen LogP contribution in [0.5, 0.6) is 0 Å². The van der Waals surface area contributed by atoms with Gasteiger partial charge in [0.2, 0.25) is 5.91 Å². The second kappa shape index (κ2) is 21.7. The number of nitrogens with one attached hydrogen (secondary N) is 1. The van der Waals surface area contributed by atoms with Gasteiger partial charge in [0.25, 0.3) is 0 Å². The van der Waals surface area contributed by atoms with Crippen molar-refractivity contribution in [1.29, 1.82) is 0 Å². The monoisotopic (exact) mass is 447 g/mol. The summed E-state index contributed by atoms with van der Waals surface area (Å²) in [7, 11) is 0. The third kappa shape index (κ3) is 21.6. The molecule has 0 aliphatic heterocycles. The van der Waals surface area contributed by atoms with E-state index in [1.54, 1.807) is 0 Å². The number of carbonyl (C=O) groups excluding carboxylic acids is 2. The van der Waals surface area contributed by atoms with Crippen molar-refractivity contribution in [3.63, 3.8) is 0 Å². The average Bonchev–Trinajstić information content (AvgIpc) is 2.64. The minimum absolute atomic E-state index is 0.286. The van der Waals surface area contributed by atoms with Gasteiger partial charge in [0, 0.05) is 11.8 Å². The third-order valence-corrected chi connectivity index (χ3v) is 5.19. The summed E-state index contributed by atoms with van der Waals surface area (Å²) in [6.45, 7) is 2.67. The van der Waals surface area contributed by atoms with Crippen LogP contribution in [0.2, 0.25) is 0 Å². The van der Waals surface area contributed by atoms with Crippen LogP contribution in [0.25, 0.3) is 0 Å². The first-order valence-corrected chi connectivity index (χ1v) is 12.4. The van der Waals surface area contributed by atoms with Crippen LogP contribution in [0.4, 0.5) is 4.79 Å². The molecule has 2 amide bonds. The topological polar surface area (TPSA) is 55.4 Å². The van der Waals surface area contributed by atoms with Gasteiger partial charge in [-0.2, -0.15) is 0 Å². The van der Waals surface area contributed by atoms with Crippen LogP contribution < -0.4 is 5.32 Å². The van der Waals surface area contributed by atoms with E-state index in [0.29, 0.717) is 11.9 Å². The molecule has 0 unspecified atom stereocenters. The zero-order valence-electron chi connectivity index (χ0n) is 17.5. The van der Waals surface area contributed by atoms with Crippen LogP contribution in [0.3, 0.4) is 0 Å². The summed E-state index contributed by atoms with van der Waals surface area (Å²) in [4.78, 5) is 22.5. The molecular weight excluding hydrogens is 406 g/mol. The zero-order valence-corrected chi connectivity index (χ0v) is 19.1. The fraction of sp³-hybridized carbons (Fsp3) is 0.909. The first-order chi connectivity index (χ1) is 13.2. The second-order valence-corrected chi connectivity index (χ2v) is 8.22. The lowest BCUT2D eigenvalue weighted by Gasteiger charge is -2.06. The normalized spacial score (nSPS) is 10.7. The summed E-state index contributed by atoms with van der Waals surface area (Å²) in [5.41, 5.74) is 0. The number of halogens is 1. The molecule has 0 rings (SSSR count). The Bertz CT molecular complexity index is 350. The molecule has 5 heteroatoms. The van der Waals surface area contributed by atoms with Gasteiger partial charge in [-0.05, 0) is 6.42 Å². The minimum atomic E-state index is -0.623. The molecule has 0 aromatic heterocycles. The Hall–Kier alpha value is -0.580. The van der Waals surface area contributed by atoms with E-state index in [-0.39, 0.29) is 12.3 Å². The van der Waals surface area contributed by atoms with E-state index in [1.165, 1.54) is 89.9 Å². The van der Waals surface area contributed by atoms with Gasteiger partial charge in [-0.15, -0.1) is 0 Å². The Kier molecular flexibility index (Phi) is 21.3. The van der Waals surface area contributed by atoms with Crippen molar-refractivity contribution in [2.75, 3.05) is 11.9 Å². The summed E-state index contributed by atoms with van der Waals surface area (Å²) in [6, 6.07) is 0. The molecule has 0 saturated heterocycles. The highest BCUT2D eigenvalue weighted by atomic mass is 79.9. The number of carbonyl (C=O) groups is 2. The average molecular weight is 448 g/mol. The van der Waals surface area contributed by atoms with E-state index < -0.39 is 6.09 Å². The van der Waals surface area contributed by atoms with Crippen molar-refractivity contribution in [1.82, 2.24) is 5.32 Å². The molecular formula is C22H42BrNO3. The molecule has 160 valence electrons. The number of alkyl carbamates (subject to hydrolysis) is 1. The summed E-state index contributed by atoms with van der Waals surface area (Å²) < 4.78 is 4.99. The predicted octanol–water partition coefficient (Wildman–Crippen LogP) is 7.29. The van der Waals surface area contributed by atoms with Gasteiger partial charge in [-0.1, -0.05) is 119 Å². The molecule has 0 aromatic carbocycles. The molecule has 0 bridgehead atoms. The standard InChI is InChI=1S/C22H42BrNO3/c1-2-3-4-5-6-7-8-9-10-11-12-13-14-15-16-17-20-27-22(26)24-21(25)18-19-23/h2-20H2,1H3,(H,24,25,26). The maximum atomic E-state index is 11.3. The van der Waals surface area contributed by atoms with Gasteiger partial charge in [0.05, 0.1) is 6.61 Å². The zero-order chi connectivity index (χ0) is 20.0. The Morgan fingerprint density at radius 3 is 1.52 bits per heavy atom. The van der Waals surface area contributed by atoms with E-state index >= 15 is 0 Å². The van der Waals surface area contributed by atoms with Crippen molar-refractivity contribution >= 4 is 27.9 Å². The van der Waals surface area contributed by atoms with Crippen molar-refractivity contribution < 1.29 is 14.3 Å². The number of amides is 2. The maximum absolute atomic E-state index is 11.3. The number of hydrogen-bond acceptors (Lipinski definition) is 3. The molecule has 0 aliphatic rings. The maximum Gasteiger partial charge on any atom is 0.413 e. The van der Waals surface area contributed by atoms with E-state index in [2.05, 4.69) is 28.2 Å². The van der Waals surface area contributed by atoms with Crippen LogP contribution in [-0.2, 0) is 9.53 Å². The highest BCUT2D eigenvalue weighted by Crippen LogP contribution is 2.13. The molecule has 0 radical (unpaired) electrons. The minimum Gasteiger partial charge on any atom is -0.449 e. The number of alkyl halides is 1. The van der Waals surface area contributed by atoms with Gasteiger partial charge < -0.3 is 4.74 Å². The Balaban J connectivity index is 3.14. The molecule has 0 spiro atoms. The molecule has 4 nitrogen and oxygen atoms in total. The highest BCUT2D eigenvalue weighted by molar-refractivity contribution is 9.09. The van der Waals surface area contributed by atoms with Crippen molar-refractivity contribution in [3.8, 4) is 0 Å².